The van der Waals surface area contributed by atoms with Crippen molar-refractivity contribution in [1.29, 1.82) is 0 Å². The van der Waals surface area contributed by atoms with Crippen LogP contribution in [-0.2, 0) is 0 Å². The Morgan fingerprint density at radius 1 is 1.27 bits per heavy atom. The number of carboxylic acid groups (broad SMARTS) is 1. The molecule has 0 atom stereocenters. The first-order valence-electron chi connectivity index (χ1n) is 4.74. The van der Waals surface area contributed by atoms with Gasteiger partial charge in [-0.2, -0.15) is 0 Å². The Hall–Kier alpha value is -1.71. The number of fused-ring (bicyclic) bond motifs is 1. The molecule has 0 unspecified atom stereocenters. The van der Waals surface area contributed by atoms with E-state index in [1.807, 2.05) is 6.92 Å². The Morgan fingerprint density at radius 3 is 2.47 bits per heavy atom. The summed E-state index contributed by atoms with van der Waals surface area (Å²) in [5.41, 5.74) is 1.70. The molecule has 4 heteroatoms. The second-order valence-electron chi connectivity index (χ2n) is 3.53. The molecule has 0 fully saturated rings. The summed E-state index contributed by atoms with van der Waals surface area (Å²) in [6.45, 7) is 4.53. The molecule has 0 aliphatic carbocycles. The van der Waals surface area contributed by atoms with Crippen molar-refractivity contribution in [2.75, 3.05) is 13.2 Å². The lowest BCUT2D eigenvalue weighted by molar-refractivity contribution is 0.0694. The lowest BCUT2D eigenvalue weighted by Gasteiger charge is -2.22. The highest BCUT2D eigenvalue weighted by atomic mass is 16.6. The molecule has 0 radical (unpaired) electrons. The van der Waals surface area contributed by atoms with Crippen LogP contribution < -0.4 is 9.47 Å². The molecule has 1 aliphatic heterocycles. The van der Waals surface area contributed by atoms with Gasteiger partial charge >= 0.3 is 5.97 Å². The van der Waals surface area contributed by atoms with Gasteiger partial charge < -0.3 is 14.6 Å². The number of carbonyl (C=O) groups is 1. The van der Waals surface area contributed by atoms with Crippen LogP contribution in [0, 0.1) is 13.8 Å². The van der Waals surface area contributed by atoms with Crippen LogP contribution in [0.1, 0.15) is 21.5 Å². The first-order valence-corrected chi connectivity index (χ1v) is 4.74. The van der Waals surface area contributed by atoms with Crippen molar-refractivity contribution in [3.63, 3.8) is 0 Å². The second kappa shape index (κ2) is 3.46. The largest absolute Gasteiger partial charge is 0.486 e. The number of hydrogen-bond acceptors (Lipinski definition) is 3. The number of hydrogen-bond donors (Lipinski definition) is 1. The molecular weight excluding hydrogens is 196 g/mol. The number of carboxylic acids is 1. The highest BCUT2D eigenvalue weighted by molar-refractivity contribution is 5.91. The van der Waals surface area contributed by atoms with E-state index in [0.717, 1.165) is 5.56 Å². The zero-order valence-electron chi connectivity index (χ0n) is 8.66. The van der Waals surface area contributed by atoms with Gasteiger partial charge in [0.25, 0.3) is 0 Å². The van der Waals surface area contributed by atoms with E-state index in [2.05, 4.69) is 0 Å². The highest BCUT2D eigenvalue weighted by Crippen LogP contribution is 2.38. The van der Waals surface area contributed by atoms with Crippen LogP contribution >= 0.6 is 0 Å². The van der Waals surface area contributed by atoms with Crippen LogP contribution in [0.5, 0.6) is 11.5 Å². The topological polar surface area (TPSA) is 55.8 Å². The summed E-state index contributed by atoms with van der Waals surface area (Å²) in [6, 6.07) is 1.62. The van der Waals surface area contributed by atoms with Crippen LogP contribution in [0.3, 0.4) is 0 Å². The normalized spacial score (nSPS) is 13.7. The second-order valence-corrected chi connectivity index (χ2v) is 3.53. The first kappa shape index (κ1) is 9.83. The minimum absolute atomic E-state index is 0.275. The molecule has 0 bridgehead atoms. The van der Waals surface area contributed by atoms with Gasteiger partial charge in [0.1, 0.15) is 13.2 Å². The minimum atomic E-state index is -0.937. The van der Waals surface area contributed by atoms with Gasteiger partial charge in [0.05, 0.1) is 5.56 Å². The fraction of sp³-hybridized carbons (Fsp3) is 0.364. The van der Waals surface area contributed by atoms with Gasteiger partial charge in [-0.3, -0.25) is 0 Å². The predicted molar refractivity (Wildman–Crippen MR) is 53.9 cm³/mol. The summed E-state index contributed by atoms with van der Waals surface area (Å²) < 4.78 is 10.9. The van der Waals surface area contributed by atoms with Gasteiger partial charge in [-0.05, 0) is 25.5 Å². The minimum Gasteiger partial charge on any atom is -0.486 e. The van der Waals surface area contributed by atoms with E-state index < -0.39 is 5.97 Å². The Kier molecular flexibility index (Phi) is 2.26. The lowest BCUT2D eigenvalue weighted by Crippen LogP contribution is -2.18. The highest BCUT2D eigenvalue weighted by Gasteiger charge is 2.21. The average Bonchev–Trinajstić information content (AvgIpc) is 2.23. The molecule has 1 heterocycles. The van der Waals surface area contributed by atoms with Crippen LogP contribution in [0.25, 0.3) is 0 Å². The molecule has 0 aromatic heterocycles. The maximum absolute atomic E-state index is 11.0. The summed E-state index contributed by atoms with van der Waals surface area (Å²) in [5, 5.41) is 9.00. The van der Waals surface area contributed by atoms with Crippen molar-refractivity contribution in [1.82, 2.24) is 0 Å². The quantitative estimate of drug-likeness (QED) is 0.764. The number of ether oxygens (including phenoxy) is 2. The van der Waals surface area contributed by atoms with Gasteiger partial charge in [-0.1, -0.05) is 0 Å². The third-order valence-corrected chi connectivity index (χ3v) is 2.48. The van der Waals surface area contributed by atoms with Crippen molar-refractivity contribution < 1.29 is 19.4 Å². The number of benzene rings is 1. The summed E-state index contributed by atoms with van der Waals surface area (Å²) >= 11 is 0. The summed E-state index contributed by atoms with van der Waals surface area (Å²) in [7, 11) is 0. The van der Waals surface area contributed by atoms with Crippen LogP contribution in [0.4, 0.5) is 0 Å². The zero-order valence-corrected chi connectivity index (χ0v) is 8.66. The number of aromatic carboxylic acids is 1. The van der Waals surface area contributed by atoms with E-state index in [9.17, 15) is 4.79 Å². The molecule has 2 rings (SSSR count). The SMILES string of the molecule is Cc1cc(C(=O)O)c(C)c2c1OCCO2. The monoisotopic (exact) mass is 208 g/mol. The molecule has 4 nitrogen and oxygen atoms in total. The fourth-order valence-corrected chi connectivity index (χ4v) is 1.72. The molecule has 1 N–H and O–H groups in total. The molecule has 0 saturated heterocycles. The molecule has 1 aliphatic rings. The molecule has 0 spiro atoms. The van der Waals surface area contributed by atoms with Crippen molar-refractivity contribution in [2.24, 2.45) is 0 Å². The van der Waals surface area contributed by atoms with Crippen molar-refractivity contribution in [3.8, 4) is 11.5 Å². The van der Waals surface area contributed by atoms with Crippen molar-refractivity contribution >= 4 is 5.97 Å². The smallest absolute Gasteiger partial charge is 0.336 e. The maximum atomic E-state index is 11.0. The van der Waals surface area contributed by atoms with E-state index in [4.69, 9.17) is 14.6 Å². The Morgan fingerprint density at radius 2 is 1.87 bits per heavy atom. The molecule has 15 heavy (non-hydrogen) atoms. The summed E-state index contributed by atoms with van der Waals surface area (Å²) in [5.74, 6) is 0.301. The van der Waals surface area contributed by atoms with Gasteiger partial charge in [-0.15, -0.1) is 0 Å². The molecule has 1 aromatic carbocycles. The maximum Gasteiger partial charge on any atom is 0.336 e. The van der Waals surface area contributed by atoms with E-state index >= 15 is 0 Å². The third kappa shape index (κ3) is 1.52. The van der Waals surface area contributed by atoms with E-state index in [0.29, 0.717) is 30.3 Å². The van der Waals surface area contributed by atoms with Crippen molar-refractivity contribution in [2.45, 2.75) is 13.8 Å². The zero-order chi connectivity index (χ0) is 11.0. The Bertz CT molecular complexity index is 423. The number of aryl methyl sites for hydroxylation is 1. The van der Waals surface area contributed by atoms with E-state index in [1.54, 1.807) is 13.0 Å². The van der Waals surface area contributed by atoms with Crippen LogP contribution in [0.2, 0.25) is 0 Å². The van der Waals surface area contributed by atoms with Crippen LogP contribution in [0.15, 0.2) is 6.07 Å². The van der Waals surface area contributed by atoms with Gasteiger partial charge in [0.15, 0.2) is 11.5 Å². The Labute approximate surface area is 87.4 Å². The van der Waals surface area contributed by atoms with Crippen LogP contribution in [-0.4, -0.2) is 24.3 Å². The fourth-order valence-electron chi connectivity index (χ4n) is 1.72. The number of rotatable bonds is 1. The van der Waals surface area contributed by atoms with Gasteiger partial charge in [0.2, 0.25) is 0 Å². The average molecular weight is 208 g/mol. The first-order chi connectivity index (χ1) is 7.11. The third-order valence-electron chi connectivity index (χ3n) is 2.48. The van der Waals surface area contributed by atoms with E-state index in [1.165, 1.54) is 0 Å². The summed E-state index contributed by atoms with van der Waals surface area (Å²) in [4.78, 5) is 11.0. The van der Waals surface area contributed by atoms with E-state index in [-0.39, 0.29) is 5.56 Å². The molecule has 0 saturated carbocycles. The lowest BCUT2D eigenvalue weighted by atomic mass is 10.0. The molecule has 80 valence electrons. The van der Waals surface area contributed by atoms with Gasteiger partial charge in [0, 0.05) is 5.56 Å². The Balaban J connectivity index is 2.64. The molecule has 1 aromatic rings. The van der Waals surface area contributed by atoms with Crippen molar-refractivity contribution in [3.05, 3.63) is 22.8 Å². The summed E-state index contributed by atoms with van der Waals surface area (Å²) in [6.07, 6.45) is 0. The standard InChI is InChI=1S/C11H12O4/c1-6-5-8(11(12)13)7(2)10-9(6)14-3-4-15-10/h5H,3-4H2,1-2H3,(H,12,13). The molecule has 0 amide bonds. The molecular formula is C11H12O4. The van der Waals surface area contributed by atoms with Gasteiger partial charge in [-0.25, -0.2) is 4.79 Å². The predicted octanol–water partition coefficient (Wildman–Crippen LogP) is 1.77.